The van der Waals surface area contributed by atoms with Gasteiger partial charge in [0.1, 0.15) is 17.5 Å². The average Bonchev–Trinajstić information content (AvgIpc) is 1.71. The molecule has 85 heavy (non-hydrogen) atoms. The molecule has 10 aromatic carbocycles. The second-order valence-corrected chi connectivity index (χ2v) is 25.2. The van der Waals surface area contributed by atoms with Gasteiger partial charge in [0.15, 0.2) is 81.4 Å². The molecule has 0 aliphatic carbocycles. The summed E-state index contributed by atoms with van der Waals surface area (Å²) in [5, 5.41) is 7.55. The van der Waals surface area contributed by atoms with Crippen LogP contribution in [0.5, 0.6) is 0 Å². The summed E-state index contributed by atoms with van der Waals surface area (Å²) in [6.45, 7) is -5.16. The van der Waals surface area contributed by atoms with Crippen LogP contribution in [-0.4, -0.2) is 6.71 Å². The fourth-order valence-corrected chi connectivity index (χ4v) is 20.1. The Hall–Kier alpha value is -8.76. The molecular weight excluding hydrogens is 1190 g/mol. The fourth-order valence-electron chi connectivity index (χ4n) is 10.6. The summed E-state index contributed by atoms with van der Waals surface area (Å²) in [4.78, 5) is 0. The van der Waals surface area contributed by atoms with Gasteiger partial charge in [0.25, 0.3) is 0 Å². The Morgan fingerprint density at radius 1 is 0.212 bits per heavy atom. The van der Waals surface area contributed by atoms with E-state index in [1.165, 1.54) is 31.8 Å². The van der Waals surface area contributed by atoms with Crippen LogP contribution in [0.25, 0.3) is 11.0 Å². The van der Waals surface area contributed by atoms with E-state index in [2.05, 4.69) is 182 Å². The van der Waals surface area contributed by atoms with E-state index in [1.807, 2.05) is 0 Å². The van der Waals surface area contributed by atoms with E-state index in [0.29, 0.717) is 0 Å². The molecule has 0 amide bonds. The molecule has 0 saturated heterocycles. The zero-order valence-electron chi connectivity index (χ0n) is 42.6. The largest absolute Gasteiger partial charge is 0.301 e. The lowest BCUT2D eigenvalue weighted by molar-refractivity contribution is 0.375. The summed E-state index contributed by atoms with van der Waals surface area (Å²) in [5.74, 6) is -58.6. The van der Waals surface area contributed by atoms with Crippen LogP contribution < -0.4 is 46.9 Å². The minimum Gasteiger partial charge on any atom is -0.207 e. The van der Waals surface area contributed by atoms with Crippen molar-refractivity contribution in [2.75, 3.05) is 0 Å². The van der Waals surface area contributed by atoms with Crippen molar-refractivity contribution in [1.29, 1.82) is 0 Å². The predicted octanol–water partition coefficient (Wildman–Crippen LogP) is 13.6. The molecule has 0 unspecified atom stereocenters. The van der Waals surface area contributed by atoms with Crippen LogP contribution in [0.2, 0.25) is 0 Å². The minimum atomic E-state index is -5.16. The maximum atomic E-state index is 15.4. The summed E-state index contributed by atoms with van der Waals surface area (Å²) in [6, 6.07) is 65.7. The molecule has 1 aliphatic rings. The zero-order valence-corrected chi connectivity index (χ0v) is 44.3. The van der Waals surface area contributed by atoms with Crippen molar-refractivity contribution in [3.05, 3.63) is 309 Å². The first-order valence-corrected chi connectivity index (χ1v) is 28.3. The first-order valence-electron chi connectivity index (χ1n) is 24.9. The minimum absolute atomic E-state index is 1.26. The van der Waals surface area contributed by atoms with Gasteiger partial charge in [0.05, 0.1) is 44.1 Å². The number of fused-ring (bicyclic) bond motifs is 1. The first kappa shape index (κ1) is 59.4. The van der Waals surface area contributed by atoms with Crippen LogP contribution in [-0.2, 0) is 0 Å². The van der Waals surface area contributed by atoms with Crippen molar-refractivity contribution in [2.45, 2.75) is 0 Å². The third kappa shape index (κ3) is 9.58. The highest BCUT2D eigenvalue weighted by Gasteiger charge is 2.47. The van der Waals surface area contributed by atoms with Crippen LogP contribution >= 0.6 is 14.1 Å². The van der Waals surface area contributed by atoms with Gasteiger partial charge in [-0.15, -0.1) is 9.64 Å². The van der Waals surface area contributed by atoms with Gasteiger partial charge in [-0.25, -0.2) is 83.4 Å². The summed E-state index contributed by atoms with van der Waals surface area (Å²) in [6.07, 6.45) is 0. The topological polar surface area (TPSA) is 14.1 Å². The highest BCUT2D eigenvalue weighted by atomic mass is 31.2. The van der Waals surface area contributed by atoms with E-state index < -0.39 is 170 Å². The van der Waals surface area contributed by atoms with Gasteiger partial charge < -0.3 is 0 Å². The number of nitrogens with zero attached hydrogens (tertiary/aromatic N) is 1. The third-order valence-electron chi connectivity index (χ3n) is 14.3. The Morgan fingerprint density at radius 3 is 0.671 bits per heavy atom. The Balaban J connectivity index is 0.000000191. The lowest BCUT2D eigenvalue weighted by Crippen LogP contribution is -2.49. The lowest BCUT2D eigenvalue weighted by Gasteiger charge is -2.28. The predicted molar refractivity (Wildman–Crippen MR) is 290 cm³/mol. The van der Waals surface area contributed by atoms with E-state index in [9.17, 15) is 48.3 Å². The van der Waals surface area contributed by atoms with Crippen molar-refractivity contribution < 1.29 is 83.4 Å². The molecule has 0 bridgehead atoms. The highest BCUT2D eigenvalue weighted by molar-refractivity contribution is 7.93. The monoisotopic (exact) mass is 1220 g/mol. The quantitative estimate of drug-likeness (QED) is 0.0342. The molecule has 1 aliphatic heterocycles. The van der Waals surface area contributed by atoms with Crippen LogP contribution in [0.15, 0.2) is 182 Å². The molecule has 10 aromatic rings. The molecule has 1 atom stereocenters. The second kappa shape index (κ2) is 23.4. The Labute approximate surface area is 469 Å². The van der Waals surface area contributed by atoms with Gasteiger partial charge in [-0.2, -0.15) is 10.9 Å². The van der Waals surface area contributed by atoms with Gasteiger partial charge in [-0.1, -0.05) is 109 Å². The smallest absolute Gasteiger partial charge is 0.207 e. The lowest BCUT2D eigenvalue weighted by atomic mass is 9.36. The summed E-state index contributed by atoms with van der Waals surface area (Å²) in [5.41, 5.74) is -17.8. The molecule has 0 saturated carbocycles. The number of rotatable bonds is 9. The van der Waals surface area contributed by atoms with E-state index >= 15 is 35.1 Å². The van der Waals surface area contributed by atoms with Gasteiger partial charge >= 0.3 is 14.1 Å². The molecule has 0 N–H and O–H groups in total. The molecule has 0 fully saturated rings. The van der Waals surface area contributed by atoms with E-state index in [1.54, 1.807) is 0 Å². The standard InChI is InChI=1S/C36H30NP2.C26HBF19/c1-7-19-31(20-8-1)38(32-21-9-2-10-22-32,33-23-11-3-12-24-33)37-39(34-25-13-4-14-26-34,35-27-15-5-16-28-35)36-29-17-6-18-30-36;28-8-2-1(3-9(29)17(37)24(44)18(38)10(3)30)5(4-11(31)19(39)25(45)20(40)12(4)32)27(6(2)13(33)21(41)16(8)36)7-14(34)22(42)26(46)23(43)15(7)35/h1-30H;27H/q+1;-1/t;27-/m.0/s1. The fraction of sp³-hybridized carbons (Fsp3) is 0. The van der Waals surface area contributed by atoms with Crippen LogP contribution in [0.4, 0.5) is 83.4 Å². The third-order valence-corrected chi connectivity index (χ3v) is 22.7. The molecule has 0 aromatic heterocycles. The zero-order chi connectivity index (χ0) is 61.0. The van der Waals surface area contributed by atoms with Crippen molar-refractivity contribution in [3.63, 3.8) is 0 Å². The molecule has 0 spiro atoms. The molecule has 430 valence electrons. The van der Waals surface area contributed by atoms with Gasteiger partial charge in [-0.3, -0.25) is 0 Å². The summed E-state index contributed by atoms with van der Waals surface area (Å²) >= 11 is 0. The van der Waals surface area contributed by atoms with E-state index in [0.717, 1.165) is 0 Å². The molecule has 1 nitrogen and oxygen atoms in total. The van der Waals surface area contributed by atoms with E-state index in [4.69, 9.17) is 4.17 Å². The molecule has 11 rings (SSSR count). The number of halogens is 19. The van der Waals surface area contributed by atoms with Gasteiger partial charge in [0.2, 0.25) is 11.6 Å². The Morgan fingerprint density at radius 2 is 0.412 bits per heavy atom. The van der Waals surface area contributed by atoms with Crippen molar-refractivity contribution in [1.82, 2.24) is 4.17 Å². The average molecular weight is 1220 g/mol. The Kier molecular flexibility index (Phi) is 16.3. The number of hydrogen-bond donors (Lipinski definition) is 0. The van der Waals surface area contributed by atoms with Crippen molar-refractivity contribution in [3.8, 4) is 0 Å². The maximum absolute atomic E-state index is 15.4. The van der Waals surface area contributed by atoms with Crippen LogP contribution in [0, 0.1) is 111 Å². The first-order chi connectivity index (χ1) is 40.6. The maximum Gasteiger partial charge on any atom is 0.301 e. The van der Waals surface area contributed by atoms with Gasteiger partial charge in [0, 0.05) is 5.56 Å². The van der Waals surface area contributed by atoms with Crippen molar-refractivity contribution >= 4 is 74.6 Å². The summed E-state index contributed by atoms with van der Waals surface area (Å²) in [7, 11) is -4.99. The van der Waals surface area contributed by atoms with Crippen LogP contribution in [0.3, 0.4) is 0 Å². The second-order valence-electron chi connectivity index (χ2n) is 18.8. The van der Waals surface area contributed by atoms with E-state index in [-0.39, 0.29) is 0 Å². The molecule has 0 radical (unpaired) electrons. The Bertz CT molecular complexity index is 4030. The summed E-state index contributed by atoms with van der Waals surface area (Å²) < 4.78 is 284. The molecule has 1 heterocycles. The highest BCUT2D eigenvalue weighted by Crippen LogP contribution is 2.51. The number of hydrogen-bond acceptors (Lipinski definition) is 0. The molecule has 23 heteroatoms. The molecular formula is C62H31BF19NP2. The van der Waals surface area contributed by atoms with Gasteiger partial charge in [-0.05, 0) is 83.9 Å². The SMILES string of the molecule is Fc1c(F)c(F)c([B@H-]2C(c3c(F)c(F)c(F)c(F)c3F)=C(c3c(F)c(F)c(F)c(F)c3F)c3c(F)c(F)c(F)c(F)c32)c(F)c1F.c1ccc(P(=[N+]=P(c2ccccc2)(c2ccccc2)c2ccccc2)(c2ccccc2)c2ccccc2)cc1. The number of benzene rings is 10. The normalized spacial score (nSPS) is 13.1. The van der Waals surface area contributed by atoms with Crippen molar-refractivity contribution in [2.24, 2.45) is 0 Å². The van der Waals surface area contributed by atoms with Crippen LogP contribution in [0.1, 0.15) is 16.7 Å².